The molecule has 0 N–H and O–H groups in total. The summed E-state index contributed by atoms with van der Waals surface area (Å²) in [6, 6.07) is 0. The molecule has 14 heavy (non-hydrogen) atoms. The largest absolute Gasteiger partial charge is 0.0988 e. The second kappa shape index (κ2) is 5.98. The third-order valence-electron chi connectivity index (χ3n) is 1.71. The maximum Gasteiger partial charge on any atom is -0.0259 e. The van der Waals surface area contributed by atoms with Crippen LogP contribution >= 0.6 is 0 Å². The zero-order chi connectivity index (χ0) is 11.1. The van der Waals surface area contributed by atoms with Gasteiger partial charge in [-0.15, -0.1) is 0 Å². The molecule has 0 saturated carbocycles. The molecule has 0 nitrogen and oxygen atoms in total. The van der Waals surface area contributed by atoms with E-state index in [1.54, 1.807) is 6.08 Å². The average Bonchev–Trinajstić information content (AvgIpc) is 2.13. The molecule has 74 valence electrons. The summed E-state index contributed by atoms with van der Waals surface area (Å²) in [5.41, 5.74) is 3.89. The van der Waals surface area contributed by atoms with E-state index in [-0.39, 0.29) is 0 Å². The van der Waals surface area contributed by atoms with E-state index in [0.29, 0.717) is 0 Å². The molecular weight excluding hydrogens is 168 g/mol. The molecule has 0 aromatic rings. The summed E-state index contributed by atoms with van der Waals surface area (Å²) >= 11 is 0. The Morgan fingerprint density at radius 3 is 1.93 bits per heavy atom. The lowest BCUT2D eigenvalue weighted by Crippen LogP contribution is -1.80. The van der Waals surface area contributed by atoms with Crippen LogP contribution in [-0.4, -0.2) is 0 Å². The van der Waals surface area contributed by atoms with Crippen LogP contribution in [0, 0.1) is 0 Å². The molecule has 0 aliphatic carbocycles. The van der Waals surface area contributed by atoms with Gasteiger partial charge in [-0.25, -0.2) is 0 Å². The second-order valence-corrected chi connectivity index (χ2v) is 3.32. The Balaban J connectivity index is 4.50. The van der Waals surface area contributed by atoms with Crippen LogP contribution in [0.15, 0.2) is 72.9 Å². The molecule has 0 amide bonds. The van der Waals surface area contributed by atoms with Crippen LogP contribution in [0.3, 0.4) is 0 Å². The highest BCUT2D eigenvalue weighted by Crippen LogP contribution is 2.12. The van der Waals surface area contributed by atoms with Gasteiger partial charge < -0.3 is 0 Å². The van der Waals surface area contributed by atoms with Crippen molar-refractivity contribution in [2.24, 2.45) is 0 Å². The molecule has 0 unspecified atom stereocenters. The molecule has 0 fully saturated rings. The molecule has 0 radical (unpaired) electrons. The van der Waals surface area contributed by atoms with Gasteiger partial charge in [0.2, 0.25) is 0 Å². The highest BCUT2D eigenvalue weighted by Gasteiger charge is 1.92. The first-order valence-corrected chi connectivity index (χ1v) is 4.50. The van der Waals surface area contributed by atoms with Crippen molar-refractivity contribution in [3.63, 3.8) is 0 Å². The number of rotatable bonds is 5. The lowest BCUT2D eigenvalue weighted by Gasteiger charge is -2.00. The number of hydrogen-bond donors (Lipinski definition) is 0. The van der Waals surface area contributed by atoms with Crippen molar-refractivity contribution >= 4 is 0 Å². The molecule has 0 saturated heterocycles. The van der Waals surface area contributed by atoms with Crippen LogP contribution in [0.2, 0.25) is 0 Å². The predicted octanol–water partition coefficient (Wildman–Crippen LogP) is 4.36. The summed E-state index contributed by atoms with van der Waals surface area (Å²) in [5.74, 6) is 0. The number of allylic oxidation sites excluding steroid dienone is 8. The molecule has 0 atom stereocenters. The van der Waals surface area contributed by atoms with Crippen LogP contribution in [0.4, 0.5) is 0 Å². The summed E-state index contributed by atoms with van der Waals surface area (Å²) in [6.07, 6.45) is 7.58. The highest BCUT2D eigenvalue weighted by atomic mass is 14.0. The zero-order valence-electron chi connectivity index (χ0n) is 9.14. The highest BCUT2D eigenvalue weighted by molar-refractivity contribution is 5.46. The fourth-order valence-corrected chi connectivity index (χ4v) is 0.776. The van der Waals surface area contributed by atoms with Crippen molar-refractivity contribution in [3.05, 3.63) is 72.9 Å². The fraction of sp³-hybridized carbons (Fsp3) is 0.143. The van der Waals surface area contributed by atoms with Crippen molar-refractivity contribution in [2.45, 2.75) is 13.8 Å². The van der Waals surface area contributed by atoms with Gasteiger partial charge in [0.05, 0.1) is 0 Å². The third kappa shape index (κ3) is 5.15. The normalized spacial score (nSPS) is 11.4. The summed E-state index contributed by atoms with van der Waals surface area (Å²) in [4.78, 5) is 0. The summed E-state index contributed by atoms with van der Waals surface area (Å²) < 4.78 is 0. The number of hydrogen-bond acceptors (Lipinski definition) is 0. The molecule has 0 bridgehead atoms. The standard InChI is InChI=1S/C14H18/c1-7-12(4)10-14(6)13(5)9-8-11(2)3/h7-10H,1-2,5-6H2,3-4H3/b9-8-,12-10-. The first kappa shape index (κ1) is 12.4. The van der Waals surface area contributed by atoms with Crippen LogP contribution in [0.5, 0.6) is 0 Å². The Morgan fingerprint density at radius 1 is 0.929 bits per heavy atom. The summed E-state index contributed by atoms with van der Waals surface area (Å²) in [5, 5.41) is 0. The van der Waals surface area contributed by atoms with Crippen LogP contribution in [0.1, 0.15) is 13.8 Å². The van der Waals surface area contributed by atoms with Gasteiger partial charge in [0, 0.05) is 0 Å². The van der Waals surface area contributed by atoms with Crippen molar-refractivity contribution in [3.8, 4) is 0 Å². The predicted molar refractivity (Wildman–Crippen MR) is 66.2 cm³/mol. The van der Waals surface area contributed by atoms with Crippen LogP contribution in [0.25, 0.3) is 0 Å². The van der Waals surface area contributed by atoms with E-state index in [0.717, 1.165) is 22.3 Å². The van der Waals surface area contributed by atoms with Crippen LogP contribution < -0.4 is 0 Å². The fourth-order valence-electron chi connectivity index (χ4n) is 0.776. The van der Waals surface area contributed by atoms with Gasteiger partial charge in [-0.1, -0.05) is 61.8 Å². The molecule has 0 aliphatic heterocycles. The SMILES string of the molecule is C=C/C(C)=C\C(=C)C(=C)/C=C\C(=C)C. The zero-order valence-corrected chi connectivity index (χ0v) is 9.14. The monoisotopic (exact) mass is 186 g/mol. The first-order chi connectivity index (χ1) is 6.47. The minimum Gasteiger partial charge on any atom is -0.0988 e. The maximum absolute atomic E-state index is 3.92. The van der Waals surface area contributed by atoms with E-state index in [4.69, 9.17) is 0 Å². The first-order valence-electron chi connectivity index (χ1n) is 4.50. The molecule has 0 heteroatoms. The Bertz CT molecular complexity index is 322. The smallest absolute Gasteiger partial charge is 0.0259 e. The minimum absolute atomic E-state index is 0.897. The van der Waals surface area contributed by atoms with Crippen molar-refractivity contribution in [1.82, 2.24) is 0 Å². The molecule has 0 spiro atoms. The van der Waals surface area contributed by atoms with Gasteiger partial charge >= 0.3 is 0 Å². The van der Waals surface area contributed by atoms with E-state index < -0.39 is 0 Å². The van der Waals surface area contributed by atoms with Gasteiger partial charge in [0.1, 0.15) is 0 Å². The Kier molecular flexibility index (Phi) is 5.31. The summed E-state index contributed by atoms with van der Waals surface area (Å²) in [7, 11) is 0. The molecule has 0 aromatic heterocycles. The lowest BCUT2D eigenvalue weighted by molar-refractivity contribution is 1.47. The van der Waals surface area contributed by atoms with Crippen molar-refractivity contribution in [1.29, 1.82) is 0 Å². The van der Waals surface area contributed by atoms with E-state index in [1.165, 1.54) is 0 Å². The van der Waals surface area contributed by atoms with Crippen molar-refractivity contribution in [2.75, 3.05) is 0 Å². The van der Waals surface area contributed by atoms with Gasteiger partial charge in [-0.2, -0.15) is 0 Å². The molecule has 0 heterocycles. The molecule has 0 rings (SSSR count). The second-order valence-electron chi connectivity index (χ2n) is 3.32. The van der Waals surface area contributed by atoms with Gasteiger partial charge in [0.25, 0.3) is 0 Å². The van der Waals surface area contributed by atoms with Gasteiger partial charge in [0.15, 0.2) is 0 Å². The van der Waals surface area contributed by atoms with E-state index in [1.807, 2.05) is 32.1 Å². The van der Waals surface area contributed by atoms with Gasteiger partial charge in [-0.3, -0.25) is 0 Å². The summed E-state index contributed by atoms with van der Waals surface area (Å²) in [6.45, 7) is 19.2. The minimum atomic E-state index is 0.897. The topological polar surface area (TPSA) is 0 Å². The average molecular weight is 186 g/mol. The van der Waals surface area contributed by atoms with Gasteiger partial charge in [-0.05, 0) is 25.0 Å². The van der Waals surface area contributed by atoms with Crippen LogP contribution in [-0.2, 0) is 0 Å². The van der Waals surface area contributed by atoms with E-state index in [2.05, 4.69) is 26.3 Å². The van der Waals surface area contributed by atoms with E-state index >= 15 is 0 Å². The maximum atomic E-state index is 3.92. The Hall–Kier alpha value is -1.56. The van der Waals surface area contributed by atoms with Crippen molar-refractivity contribution < 1.29 is 0 Å². The third-order valence-corrected chi connectivity index (χ3v) is 1.71. The molecule has 0 aromatic carbocycles. The Labute approximate surface area is 87.3 Å². The lowest BCUT2D eigenvalue weighted by atomic mass is 10.1. The molecule has 0 aliphatic rings. The quantitative estimate of drug-likeness (QED) is 0.559. The van der Waals surface area contributed by atoms with E-state index in [9.17, 15) is 0 Å². The molecular formula is C14H18. The Morgan fingerprint density at radius 2 is 1.50 bits per heavy atom.